The molecule has 0 atom stereocenters. The highest BCUT2D eigenvalue weighted by Gasteiger charge is 2.23. The molecule has 138 valence electrons. The first-order valence-corrected chi connectivity index (χ1v) is 9.08. The first-order chi connectivity index (χ1) is 12.9. The fourth-order valence-corrected chi connectivity index (χ4v) is 3.65. The van der Waals surface area contributed by atoms with E-state index in [2.05, 4.69) is 0 Å². The van der Waals surface area contributed by atoms with Crippen molar-refractivity contribution < 1.29 is 13.9 Å². The van der Waals surface area contributed by atoms with E-state index in [1.54, 1.807) is 24.3 Å². The highest BCUT2D eigenvalue weighted by atomic mass is 35.5. The molecule has 0 bridgehead atoms. The Morgan fingerprint density at radius 3 is 2.74 bits per heavy atom. The van der Waals surface area contributed by atoms with Crippen molar-refractivity contribution in [3.63, 3.8) is 0 Å². The van der Waals surface area contributed by atoms with Crippen LogP contribution in [0.5, 0.6) is 5.75 Å². The van der Waals surface area contributed by atoms with Crippen LogP contribution in [0.4, 0.5) is 0 Å². The van der Waals surface area contributed by atoms with E-state index in [1.807, 2.05) is 17.0 Å². The minimum Gasteiger partial charge on any atom is -0.478 e. The molecular weight excluding hydrogens is 389 g/mol. The van der Waals surface area contributed by atoms with Crippen molar-refractivity contribution in [1.29, 1.82) is 0 Å². The van der Waals surface area contributed by atoms with Crippen molar-refractivity contribution in [3.8, 4) is 5.75 Å². The number of hydrogen-bond donors (Lipinski definition) is 0. The Labute approximate surface area is 165 Å². The normalized spacial score (nSPS) is 14.0. The van der Waals surface area contributed by atoms with Crippen LogP contribution in [-0.2, 0) is 13.1 Å². The van der Waals surface area contributed by atoms with Gasteiger partial charge in [0.05, 0.1) is 5.56 Å². The third-order valence-electron chi connectivity index (χ3n) is 4.54. The van der Waals surface area contributed by atoms with Crippen LogP contribution < -0.4 is 10.4 Å². The highest BCUT2D eigenvalue weighted by Crippen LogP contribution is 2.33. The summed E-state index contributed by atoms with van der Waals surface area (Å²) in [5, 5.41) is 1.86. The lowest BCUT2D eigenvalue weighted by Gasteiger charge is -2.29. The summed E-state index contributed by atoms with van der Waals surface area (Å²) in [4.78, 5) is 25.8. The van der Waals surface area contributed by atoms with E-state index in [4.69, 9.17) is 32.4 Å². The summed E-state index contributed by atoms with van der Waals surface area (Å²) < 4.78 is 11.3. The number of hydrogen-bond acceptors (Lipinski definition) is 5. The van der Waals surface area contributed by atoms with Crippen molar-refractivity contribution in [2.24, 2.45) is 0 Å². The van der Waals surface area contributed by atoms with Crippen LogP contribution in [0.2, 0.25) is 10.0 Å². The van der Waals surface area contributed by atoms with Gasteiger partial charge in [0, 0.05) is 28.5 Å². The number of fused-ring (bicyclic) bond motifs is 3. The molecule has 27 heavy (non-hydrogen) atoms. The van der Waals surface area contributed by atoms with Crippen LogP contribution in [0.3, 0.4) is 0 Å². The molecule has 1 aliphatic rings. The lowest BCUT2D eigenvalue weighted by molar-refractivity contribution is 0.0890. The van der Waals surface area contributed by atoms with Crippen LogP contribution in [0, 0.1) is 0 Å². The van der Waals surface area contributed by atoms with Gasteiger partial charge in [-0.2, -0.15) is 0 Å². The molecule has 1 aliphatic heterocycles. The zero-order valence-electron chi connectivity index (χ0n) is 14.4. The van der Waals surface area contributed by atoms with Gasteiger partial charge in [-0.05, 0) is 42.8 Å². The quantitative estimate of drug-likeness (QED) is 0.470. The molecule has 7 heteroatoms. The van der Waals surface area contributed by atoms with E-state index in [0.717, 1.165) is 11.1 Å². The molecule has 0 radical (unpaired) electrons. The topological polar surface area (TPSA) is 59.8 Å². The minimum atomic E-state index is -0.638. The largest absolute Gasteiger partial charge is 0.478 e. The molecule has 0 aliphatic carbocycles. The first kappa shape index (κ1) is 18.0. The van der Waals surface area contributed by atoms with E-state index < -0.39 is 5.63 Å². The van der Waals surface area contributed by atoms with E-state index in [1.165, 1.54) is 6.92 Å². The van der Waals surface area contributed by atoms with Crippen molar-refractivity contribution in [2.75, 3.05) is 6.73 Å². The second-order valence-corrected chi connectivity index (χ2v) is 7.30. The summed E-state index contributed by atoms with van der Waals surface area (Å²) in [6.07, 6.45) is 0. The number of benzene rings is 2. The van der Waals surface area contributed by atoms with Gasteiger partial charge in [0.1, 0.15) is 23.6 Å². The zero-order chi connectivity index (χ0) is 19.1. The Kier molecular flexibility index (Phi) is 4.68. The number of nitrogens with zero attached hydrogens (tertiary/aromatic N) is 1. The van der Waals surface area contributed by atoms with Crippen LogP contribution in [0.25, 0.3) is 11.0 Å². The summed E-state index contributed by atoms with van der Waals surface area (Å²) in [6, 6.07) is 10.6. The SMILES string of the molecule is CC(=O)c1cc2ccc3c(c2oc1=O)CN(Cc1ccc(Cl)cc1Cl)CO3. The van der Waals surface area contributed by atoms with Gasteiger partial charge in [0.15, 0.2) is 5.78 Å². The van der Waals surface area contributed by atoms with Gasteiger partial charge >= 0.3 is 5.63 Å². The smallest absolute Gasteiger partial charge is 0.347 e. The molecule has 2 heterocycles. The third-order valence-corrected chi connectivity index (χ3v) is 5.12. The zero-order valence-corrected chi connectivity index (χ0v) is 15.9. The van der Waals surface area contributed by atoms with Gasteiger partial charge < -0.3 is 9.15 Å². The summed E-state index contributed by atoms with van der Waals surface area (Å²) in [5.74, 6) is 0.346. The lowest BCUT2D eigenvalue weighted by Crippen LogP contribution is -2.31. The monoisotopic (exact) mass is 403 g/mol. The average molecular weight is 404 g/mol. The van der Waals surface area contributed by atoms with E-state index in [-0.39, 0.29) is 11.3 Å². The van der Waals surface area contributed by atoms with Gasteiger partial charge in [0.2, 0.25) is 0 Å². The number of rotatable bonds is 3. The molecule has 3 aromatic rings. The Balaban J connectivity index is 1.70. The highest BCUT2D eigenvalue weighted by molar-refractivity contribution is 6.35. The van der Waals surface area contributed by atoms with Gasteiger partial charge in [-0.3, -0.25) is 9.69 Å². The number of carbonyl (C=O) groups is 1. The Morgan fingerprint density at radius 2 is 2.00 bits per heavy atom. The molecule has 0 saturated carbocycles. The molecule has 0 spiro atoms. The van der Waals surface area contributed by atoms with Crippen molar-refractivity contribution >= 4 is 40.0 Å². The lowest BCUT2D eigenvalue weighted by atomic mass is 10.1. The van der Waals surface area contributed by atoms with Gasteiger partial charge in [-0.1, -0.05) is 29.3 Å². The van der Waals surface area contributed by atoms with Crippen LogP contribution >= 0.6 is 23.2 Å². The standard InChI is InChI=1S/C20H15Cl2NO4/c1-11(24)15-6-12-3-5-18-16(19(12)27-20(15)25)9-23(10-26-18)8-13-2-4-14(21)7-17(13)22/h2-7H,8-10H2,1H3. The van der Waals surface area contributed by atoms with E-state index >= 15 is 0 Å². The predicted molar refractivity (Wildman–Crippen MR) is 104 cm³/mol. The predicted octanol–water partition coefficient (Wildman–Crippen LogP) is 4.65. The molecular formula is C20H15Cl2NO4. The number of halogens is 2. The summed E-state index contributed by atoms with van der Waals surface area (Å²) in [5.41, 5.74) is 1.55. The van der Waals surface area contributed by atoms with Crippen LogP contribution in [0.1, 0.15) is 28.4 Å². The van der Waals surface area contributed by atoms with Gasteiger partial charge in [0.25, 0.3) is 0 Å². The molecule has 0 unspecified atom stereocenters. The van der Waals surface area contributed by atoms with E-state index in [9.17, 15) is 9.59 Å². The maximum absolute atomic E-state index is 12.1. The summed E-state index contributed by atoms with van der Waals surface area (Å²) >= 11 is 12.2. The number of ketones is 1. The molecule has 4 rings (SSSR count). The fraction of sp³-hybridized carbons (Fsp3) is 0.200. The maximum atomic E-state index is 12.1. The Hall–Kier alpha value is -2.34. The molecule has 2 aromatic carbocycles. The van der Waals surface area contributed by atoms with Gasteiger partial charge in [-0.25, -0.2) is 4.79 Å². The van der Waals surface area contributed by atoms with Crippen LogP contribution in [0.15, 0.2) is 45.6 Å². The van der Waals surface area contributed by atoms with Crippen molar-refractivity contribution in [2.45, 2.75) is 20.0 Å². The second kappa shape index (κ2) is 7.00. The maximum Gasteiger partial charge on any atom is 0.347 e. The molecule has 0 fully saturated rings. The number of ether oxygens (including phenoxy) is 1. The molecule has 0 N–H and O–H groups in total. The molecule has 0 saturated heterocycles. The Morgan fingerprint density at radius 1 is 1.19 bits per heavy atom. The molecule has 0 amide bonds. The average Bonchev–Trinajstić information content (AvgIpc) is 2.63. The first-order valence-electron chi connectivity index (χ1n) is 8.32. The van der Waals surface area contributed by atoms with E-state index in [0.29, 0.717) is 46.6 Å². The Bertz CT molecular complexity index is 1120. The molecule has 1 aromatic heterocycles. The van der Waals surface area contributed by atoms with Crippen molar-refractivity contribution in [3.05, 3.63) is 73.6 Å². The number of carbonyl (C=O) groups excluding carboxylic acids is 1. The number of Topliss-reactive ketones (excluding diaryl/α,β-unsaturated/α-hetero) is 1. The van der Waals surface area contributed by atoms with Gasteiger partial charge in [-0.15, -0.1) is 0 Å². The fourth-order valence-electron chi connectivity index (χ4n) is 3.18. The minimum absolute atomic E-state index is 0.0454. The second-order valence-electron chi connectivity index (χ2n) is 6.46. The third kappa shape index (κ3) is 3.46. The summed E-state index contributed by atoms with van der Waals surface area (Å²) in [7, 11) is 0. The van der Waals surface area contributed by atoms with Crippen molar-refractivity contribution in [1.82, 2.24) is 4.90 Å². The molecule has 5 nitrogen and oxygen atoms in total. The van der Waals surface area contributed by atoms with Crippen LogP contribution in [-0.4, -0.2) is 17.4 Å². The summed E-state index contributed by atoms with van der Waals surface area (Å²) in [6.45, 7) is 2.81.